The molecule has 0 fully saturated rings. The molecule has 106 valence electrons. The van der Waals surface area contributed by atoms with Crippen molar-refractivity contribution < 1.29 is 19.4 Å². The molecular weight excluding hydrogens is 312 g/mol. The second-order valence-corrected chi connectivity index (χ2v) is 5.28. The normalized spacial score (nSPS) is 12.4. The van der Waals surface area contributed by atoms with E-state index in [4.69, 9.17) is 9.47 Å². The second kappa shape index (κ2) is 6.91. The Kier molecular flexibility index (Phi) is 5.82. The maximum Gasteiger partial charge on any atom is 0.339 e. The Labute approximate surface area is 121 Å². The summed E-state index contributed by atoms with van der Waals surface area (Å²) in [5.74, 6) is 0.245. The molecule has 1 atom stereocenters. The van der Waals surface area contributed by atoms with Crippen LogP contribution in [-0.4, -0.2) is 24.8 Å². The average Bonchev–Trinajstić information content (AvgIpc) is 2.36. The summed E-state index contributed by atoms with van der Waals surface area (Å²) >= 11 is 3.45. The van der Waals surface area contributed by atoms with Crippen LogP contribution >= 0.6 is 15.9 Å². The van der Waals surface area contributed by atoms with Crippen molar-refractivity contribution in [2.75, 3.05) is 13.7 Å². The molecule has 1 rings (SSSR count). The van der Waals surface area contributed by atoms with Crippen LogP contribution in [0, 0.1) is 0 Å². The number of methoxy groups -OCH3 is 1. The molecule has 1 N–H and O–H groups in total. The first kappa shape index (κ1) is 16.0. The van der Waals surface area contributed by atoms with Gasteiger partial charge >= 0.3 is 5.97 Å². The van der Waals surface area contributed by atoms with Crippen LogP contribution in [0.2, 0.25) is 0 Å². The van der Waals surface area contributed by atoms with Gasteiger partial charge in [-0.2, -0.15) is 0 Å². The molecule has 0 saturated carbocycles. The molecule has 0 aliphatic rings. The number of hydrogen-bond acceptors (Lipinski definition) is 4. The molecular formula is C14H19BrO4. The monoisotopic (exact) mass is 330 g/mol. The van der Waals surface area contributed by atoms with Crippen LogP contribution in [0.25, 0.3) is 0 Å². The Morgan fingerprint density at radius 2 is 2.05 bits per heavy atom. The molecule has 1 aromatic carbocycles. The maximum absolute atomic E-state index is 11.5. The van der Waals surface area contributed by atoms with Gasteiger partial charge in [0.25, 0.3) is 0 Å². The highest BCUT2D eigenvalue weighted by molar-refractivity contribution is 9.10. The van der Waals surface area contributed by atoms with E-state index in [0.29, 0.717) is 11.3 Å². The van der Waals surface area contributed by atoms with Gasteiger partial charge in [-0.1, -0.05) is 29.8 Å². The third kappa shape index (κ3) is 3.70. The van der Waals surface area contributed by atoms with E-state index in [1.807, 2.05) is 13.8 Å². The number of hydrogen-bond donors (Lipinski definition) is 1. The molecule has 0 saturated heterocycles. The number of halogens is 1. The Morgan fingerprint density at radius 1 is 1.42 bits per heavy atom. The SMILES string of the molecule is CCOC(=O)C(O)c1cc(Br)c(C(C)C)c(OC)c1. The topological polar surface area (TPSA) is 55.8 Å². The van der Waals surface area contributed by atoms with Crippen LogP contribution in [0.1, 0.15) is 43.9 Å². The number of rotatable bonds is 5. The third-order valence-corrected chi connectivity index (χ3v) is 3.39. The number of aliphatic hydroxyl groups is 1. The molecule has 0 aliphatic carbocycles. The van der Waals surface area contributed by atoms with Crippen molar-refractivity contribution in [3.63, 3.8) is 0 Å². The summed E-state index contributed by atoms with van der Waals surface area (Å²) in [6.07, 6.45) is -1.30. The number of ether oxygens (including phenoxy) is 2. The van der Waals surface area contributed by atoms with Crippen LogP contribution in [0.3, 0.4) is 0 Å². The number of benzene rings is 1. The summed E-state index contributed by atoms with van der Waals surface area (Å²) < 4.78 is 10.9. The van der Waals surface area contributed by atoms with Crippen LogP contribution in [0.15, 0.2) is 16.6 Å². The summed E-state index contributed by atoms with van der Waals surface area (Å²) in [5, 5.41) is 9.94. The Hall–Kier alpha value is -1.07. The van der Waals surface area contributed by atoms with Gasteiger partial charge in [0.1, 0.15) is 5.75 Å². The minimum absolute atomic E-state index is 0.234. The molecule has 1 aromatic rings. The van der Waals surface area contributed by atoms with Gasteiger partial charge in [-0.25, -0.2) is 4.79 Å². The van der Waals surface area contributed by atoms with E-state index in [9.17, 15) is 9.90 Å². The van der Waals surface area contributed by atoms with E-state index in [-0.39, 0.29) is 12.5 Å². The highest BCUT2D eigenvalue weighted by Gasteiger charge is 2.22. The van der Waals surface area contributed by atoms with Gasteiger partial charge in [-0.3, -0.25) is 0 Å². The van der Waals surface area contributed by atoms with E-state index in [0.717, 1.165) is 10.0 Å². The van der Waals surface area contributed by atoms with Gasteiger partial charge in [-0.05, 0) is 30.5 Å². The summed E-state index contributed by atoms with van der Waals surface area (Å²) in [6, 6.07) is 3.39. The number of carbonyl (C=O) groups is 1. The van der Waals surface area contributed by atoms with Crippen molar-refractivity contribution in [3.05, 3.63) is 27.7 Å². The fraction of sp³-hybridized carbons (Fsp3) is 0.500. The molecule has 0 spiro atoms. The zero-order valence-electron chi connectivity index (χ0n) is 11.6. The highest BCUT2D eigenvalue weighted by Crippen LogP contribution is 2.36. The average molecular weight is 331 g/mol. The van der Waals surface area contributed by atoms with Gasteiger partial charge < -0.3 is 14.6 Å². The number of aliphatic hydroxyl groups excluding tert-OH is 1. The predicted octanol–water partition coefficient (Wildman–Crippen LogP) is 3.18. The lowest BCUT2D eigenvalue weighted by Crippen LogP contribution is -2.15. The Morgan fingerprint density at radius 3 is 2.53 bits per heavy atom. The molecule has 0 aromatic heterocycles. The van der Waals surface area contributed by atoms with Crippen LogP contribution in [0.4, 0.5) is 0 Å². The zero-order chi connectivity index (χ0) is 14.6. The molecule has 1 unspecified atom stereocenters. The Balaban J connectivity index is 3.18. The van der Waals surface area contributed by atoms with Crippen molar-refractivity contribution in [3.8, 4) is 5.75 Å². The minimum Gasteiger partial charge on any atom is -0.496 e. The minimum atomic E-state index is -1.30. The lowest BCUT2D eigenvalue weighted by Gasteiger charge is -2.17. The number of esters is 1. The number of carbonyl (C=O) groups excluding carboxylic acids is 1. The first-order valence-corrected chi connectivity index (χ1v) is 6.93. The van der Waals surface area contributed by atoms with E-state index in [2.05, 4.69) is 15.9 Å². The standard InChI is InChI=1S/C14H19BrO4/c1-5-19-14(17)13(16)9-6-10(15)12(8(2)3)11(7-9)18-4/h6-8,13,16H,5H2,1-4H3. The summed E-state index contributed by atoms with van der Waals surface area (Å²) in [4.78, 5) is 11.5. The maximum atomic E-state index is 11.5. The third-order valence-electron chi connectivity index (χ3n) is 2.74. The predicted molar refractivity (Wildman–Crippen MR) is 76.4 cm³/mol. The van der Waals surface area contributed by atoms with Crippen molar-refractivity contribution in [1.82, 2.24) is 0 Å². The van der Waals surface area contributed by atoms with Gasteiger partial charge in [0, 0.05) is 10.0 Å². The zero-order valence-corrected chi connectivity index (χ0v) is 13.2. The quantitative estimate of drug-likeness (QED) is 0.842. The van der Waals surface area contributed by atoms with Crippen LogP contribution in [0.5, 0.6) is 5.75 Å². The lowest BCUT2D eigenvalue weighted by molar-refractivity contribution is -0.153. The van der Waals surface area contributed by atoms with Crippen molar-refractivity contribution in [2.45, 2.75) is 32.8 Å². The first-order valence-electron chi connectivity index (χ1n) is 6.14. The van der Waals surface area contributed by atoms with Gasteiger partial charge in [0.05, 0.1) is 13.7 Å². The summed E-state index contributed by atoms with van der Waals surface area (Å²) in [5.41, 5.74) is 1.45. The van der Waals surface area contributed by atoms with Crippen LogP contribution < -0.4 is 4.74 Å². The smallest absolute Gasteiger partial charge is 0.339 e. The molecule has 0 heterocycles. The highest BCUT2D eigenvalue weighted by atomic mass is 79.9. The largest absolute Gasteiger partial charge is 0.496 e. The molecule has 0 amide bonds. The van der Waals surface area contributed by atoms with Gasteiger partial charge in [0.2, 0.25) is 0 Å². The van der Waals surface area contributed by atoms with Crippen molar-refractivity contribution >= 4 is 21.9 Å². The van der Waals surface area contributed by atoms with E-state index in [1.165, 1.54) is 0 Å². The molecule has 0 radical (unpaired) electrons. The van der Waals surface area contributed by atoms with E-state index < -0.39 is 12.1 Å². The van der Waals surface area contributed by atoms with Crippen molar-refractivity contribution in [1.29, 1.82) is 0 Å². The fourth-order valence-corrected chi connectivity index (χ4v) is 2.77. The fourth-order valence-electron chi connectivity index (χ4n) is 1.86. The van der Waals surface area contributed by atoms with Gasteiger partial charge in [0.15, 0.2) is 6.10 Å². The first-order chi connectivity index (χ1) is 8.92. The molecule has 5 heteroatoms. The van der Waals surface area contributed by atoms with E-state index in [1.54, 1.807) is 26.2 Å². The molecule has 0 aliphatic heterocycles. The summed E-state index contributed by atoms with van der Waals surface area (Å²) in [6.45, 7) is 6.02. The van der Waals surface area contributed by atoms with Crippen molar-refractivity contribution in [2.24, 2.45) is 0 Å². The van der Waals surface area contributed by atoms with Gasteiger partial charge in [-0.15, -0.1) is 0 Å². The molecule has 0 bridgehead atoms. The van der Waals surface area contributed by atoms with E-state index >= 15 is 0 Å². The lowest BCUT2D eigenvalue weighted by atomic mass is 9.98. The summed E-state index contributed by atoms with van der Waals surface area (Å²) in [7, 11) is 1.56. The molecule has 19 heavy (non-hydrogen) atoms. The molecule has 4 nitrogen and oxygen atoms in total. The second-order valence-electron chi connectivity index (χ2n) is 4.43. The Bertz CT molecular complexity index is 457. The van der Waals surface area contributed by atoms with Crippen LogP contribution in [-0.2, 0) is 9.53 Å².